The van der Waals surface area contributed by atoms with Crippen molar-refractivity contribution >= 4 is 37.3 Å². The number of sulfonamides is 2. The van der Waals surface area contributed by atoms with Crippen LogP contribution >= 0.6 is 11.6 Å². The molecule has 0 radical (unpaired) electrons. The van der Waals surface area contributed by atoms with E-state index in [1.807, 2.05) is 18.2 Å². The molecule has 0 aromatic heterocycles. The minimum Gasteiger partial charge on any atom is -0.369 e. The lowest BCUT2D eigenvalue weighted by Crippen LogP contribution is -2.50. The van der Waals surface area contributed by atoms with Crippen LogP contribution in [0, 0.1) is 0 Å². The van der Waals surface area contributed by atoms with Crippen molar-refractivity contribution in [1.82, 2.24) is 9.03 Å². The highest BCUT2D eigenvalue weighted by molar-refractivity contribution is 7.90. The minimum atomic E-state index is -3.72. The molecule has 2 aromatic carbocycles. The van der Waals surface area contributed by atoms with Gasteiger partial charge in [-0.05, 0) is 30.3 Å². The van der Waals surface area contributed by atoms with E-state index < -0.39 is 20.0 Å². The number of hydrogen-bond acceptors (Lipinski definition) is 5. The summed E-state index contributed by atoms with van der Waals surface area (Å²) in [5.41, 5.74) is 0.958. The molecule has 0 amide bonds. The van der Waals surface area contributed by atoms with E-state index in [1.54, 1.807) is 24.3 Å². The van der Waals surface area contributed by atoms with Crippen molar-refractivity contribution in [3.05, 3.63) is 59.6 Å². The van der Waals surface area contributed by atoms with Gasteiger partial charge < -0.3 is 4.90 Å². The summed E-state index contributed by atoms with van der Waals surface area (Å²) >= 11 is 6.01. The summed E-state index contributed by atoms with van der Waals surface area (Å²) in [7, 11) is -7.26. The molecule has 2 aromatic rings. The zero-order chi connectivity index (χ0) is 20.2. The second kappa shape index (κ2) is 8.79. The van der Waals surface area contributed by atoms with Gasteiger partial charge in [0.1, 0.15) is 0 Å². The molecule has 1 aliphatic heterocycles. The van der Waals surface area contributed by atoms with Crippen LogP contribution in [0.1, 0.15) is 0 Å². The molecule has 3 rings (SSSR count). The van der Waals surface area contributed by atoms with Crippen LogP contribution in [0.3, 0.4) is 0 Å². The molecule has 0 spiro atoms. The first kappa shape index (κ1) is 21.1. The second-order valence-corrected chi connectivity index (χ2v) is 10.7. The Labute approximate surface area is 171 Å². The summed E-state index contributed by atoms with van der Waals surface area (Å²) in [5.74, 6) is -0.282. The maximum absolute atomic E-state index is 12.6. The second-order valence-electron chi connectivity index (χ2n) is 6.39. The predicted molar refractivity (Wildman–Crippen MR) is 111 cm³/mol. The van der Waals surface area contributed by atoms with Gasteiger partial charge >= 0.3 is 0 Å². The zero-order valence-corrected chi connectivity index (χ0v) is 17.5. The summed E-state index contributed by atoms with van der Waals surface area (Å²) in [6.45, 7) is 1.62. The highest BCUT2D eigenvalue weighted by atomic mass is 35.5. The quantitative estimate of drug-likeness (QED) is 0.704. The van der Waals surface area contributed by atoms with E-state index >= 15 is 0 Å². The number of nitrogens with zero attached hydrogens (tertiary/aromatic N) is 2. The van der Waals surface area contributed by atoms with E-state index in [2.05, 4.69) is 9.62 Å². The molecule has 1 heterocycles. The van der Waals surface area contributed by atoms with Gasteiger partial charge in [-0.1, -0.05) is 35.9 Å². The Morgan fingerprint density at radius 1 is 0.893 bits per heavy atom. The lowest BCUT2D eigenvalue weighted by molar-refractivity contribution is 0.385. The third kappa shape index (κ3) is 5.24. The van der Waals surface area contributed by atoms with Crippen LogP contribution in [-0.4, -0.2) is 59.6 Å². The molecule has 0 aliphatic carbocycles. The average Bonchev–Trinajstić information content (AvgIpc) is 2.68. The summed E-state index contributed by atoms with van der Waals surface area (Å²) in [6, 6.07) is 15.3. The summed E-state index contributed by atoms with van der Waals surface area (Å²) in [5, 5.41) is 0.637. The van der Waals surface area contributed by atoms with Gasteiger partial charge in [0, 0.05) is 43.4 Å². The van der Waals surface area contributed by atoms with Gasteiger partial charge in [0.25, 0.3) is 0 Å². The first-order valence-electron chi connectivity index (χ1n) is 8.81. The molecule has 10 heteroatoms. The number of anilines is 1. The Balaban J connectivity index is 1.53. The van der Waals surface area contributed by atoms with Crippen molar-refractivity contribution in [2.24, 2.45) is 0 Å². The Morgan fingerprint density at radius 3 is 2.21 bits per heavy atom. The van der Waals surface area contributed by atoms with Gasteiger partial charge in [0.05, 0.1) is 10.6 Å². The molecule has 152 valence electrons. The first-order chi connectivity index (χ1) is 13.3. The molecule has 1 N–H and O–H groups in total. The normalized spacial score (nSPS) is 16.2. The number of piperazine rings is 1. The van der Waals surface area contributed by atoms with E-state index in [-0.39, 0.29) is 17.2 Å². The third-order valence-corrected chi connectivity index (χ3v) is 8.09. The Morgan fingerprint density at radius 2 is 1.57 bits per heavy atom. The molecule has 1 fully saturated rings. The number of halogens is 1. The predicted octanol–water partition coefficient (Wildman–Crippen LogP) is 1.77. The van der Waals surface area contributed by atoms with E-state index in [0.29, 0.717) is 31.2 Å². The molecule has 1 aliphatic rings. The Hall–Kier alpha value is -1.65. The Kier molecular flexibility index (Phi) is 6.61. The number of hydrogen-bond donors (Lipinski definition) is 1. The molecule has 0 bridgehead atoms. The highest BCUT2D eigenvalue weighted by Gasteiger charge is 2.27. The van der Waals surface area contributed by atoms with Crippen LogP contribution in [0.2, 0.25) is 5.02 Å². The molecule has 0 unspecified atom stereocenters. The first-order valence-corrected chi connectivity index (χ1v) is 12.3. The largest absolute Gasteiger partial charge is 0.369 e. The van der Waals surface area contributed by atoms with Crippen LogP contribution in [-0.2, 0) is 20.0 Å². The zero-order valence-electron chi connectivity index (χ0n) is 15.2. The maximum atomic E-state index is 12.6. The minimum absolute atomic E-state index is 0.113. The van der Waals surface area contributed by atoms with E-state index in [4.69, 9.17) is 11.6 Å². The van der Waals surface area contributed by atoms with Crippen LogP contribution in [0.25, 0.3) is 0 Å². The molecule has 28 heavy (non-hydrogen) atoms. The third-order valence-electron chi connectivity index (χ3n) is 4.51. The van der Waals surface area contributed by atoms with Gasteiger partial charge in [-0.25, -0.2) is 21.6 Å². The lowest BCUT2D eigenvalue weighted by atomic mass is 10.2. The average molecular weight is 444 g/mol. The number of nitrogens with one attached hydrogen (secondary N) is 1. The van der Waals surface area contributed by atoms with Crippen LogP contribution < -0.4 is 9.62 Å². The van der Waals surface area contributed by atoms with Crippen LogP contribution in [0.5, 0.6) is 0 Å². The molecule has 7 nitrogen and oxygen atoms in total. The van der Waals surface area contributed by atoms with E-state index in [1.165, 1.54) is 16.4 Å². The van der Waals surface area contributed by atoms with Gasteiger partial charge in [-0.15, -0.1) is 0 Å². The van der Waals surface area contributed by atoms with Crippen LogP contribution in [0.4, 0.5) is 5.69 Å². The SMILES string of the molecule is O=S(=O)(NCCS(=O)(=O)N1CCN(c2cccc(Cl)c2)CC1)c1ccccc1. The maximum Gasteiger partial charge on any atom is 0.240 e. The lowest BCUT2D eigenvalue weighted by Gasteiger charge is -2.35. The van der Waals surface area contributed by atoms with Gasteiger partial charge in [-0.3, -0.25) is 0 Å². The standard InChI is InChI=1S/C18H22ClN3O4S2/c19-16-5-4-6-17(15-16)21-10-12-22(13-11-21)27(23,24)14-9-20-28(25,26)18-7-2-1-3-8-18/h1-8,15,20H,9-14H2. The molecular weight excluding hydrogens is 422 g/mol. The van der Waals surface area contributed by atoms with Crippen molar-refractivity contribution < 1.29 is 16.8 Å². The Bertz CT molecular complexity index is 1010. The van der Waals surface area contributed by atoms with Crippen molar-refractivity contribution in [3.63, 3.8) is 0 Å². The number of benzene rings is 2. The van der Waals surface area contributed by atoms with Crippen molar-refractivity contribution in [1.29, 1.82) is 0 Å². The molecule has 1 saturated heterocycles. The monoisotopic (exact) mass is 443 g/mol. The highest BCUT2D eigenvalue weighted by Crippen LogP contribution is 2.21. The van der Waals surface area contributed by atoms with E-state index in [9.17, 15) is 16.8 Å². The summed E-state index contributed by atoms with van der Waals surface area (Å²) in [6.07, 6.45) is 0. The van der Waals surface area contributed by atoms with Gasteiger partial charge in [0.2, 0.25) is 20.0 Å². The molecular formula is C18H22ClN3O4S2. The van der Waals surface area contributed by atoms with Gasteiger partial charge in [-0.2, -0.15) is 4.31 Å². The molecule has 0 saturated carbocycles. The fraction of sp³-hybridized carbons (Fsp3) is 0.333. The van der Waals surface area contributed by atoms with Crippen molar-refractivity contribution in [3.8, 4) is 0 Å². The van der Waals surface area contributed by atoms with Crippen molar-refractivity contribution in [2.45, 2.75) is 4.90 Å². The number of rotatable bonds is 7. The van der Waals surface area contributed by atoms with Crippen molar-refractivity contribution in [2.75, 3.05) is 43.4 Å². The fourth-order valence-corrected chi connectivity index (χ4v) is 5.72. The molecule has 0 atom stereocenters. The smallest absolute Gasteiger partial charge is 0.240 e. The van der Waals surface area contributed by atoms with E-state index in [0.717, 1.165) is 5.69 Å². The summed E-state index contributed by atoms with van der Waals surface area (Å²) < 4.78 is 53.2. The van der Waals surface area contributed by atoms with Crippen LogP contribution in [0.15, 0.2) is 59.5 Å². The fourth-order valence-electron chi connectivity index (χ4n) is 3.01. The van der Waals surface area contributed by atoms with Gasteiger partial charge in [0.15, 0.2) is 0 Å². The summed E-state index contributed by atoms with van der Waals surface area (Å²) in [4.78, 5) is 2.19. The topological polar surface area (TPSA) is 86.8 Å².